The summed E-state index contributed by atoms with van der Waals surface area (Å²) in [5.41, 5.74) is 3.65. The quantitative estimate of drug-likeness (QED) is 0.610. The van der Waals surface area contributed by atoms with Gasteiger partial charge in [0.25, 0.3) is 5.91 Å². The van der Waals surface area contributed by atoms with Gasteiger partial charge in [0.1, 0.15) is 5.15 Å². The summed E-state index contributed by atoms with van der Waals surface area (Å²) in [5, 5.41) is 8.39. The van der Waals surface area contributed by atoms with Gasteiger partial charge in [-0.25, -0.2) is 4.68 Å². The van der Waals surface area contributed by atoms with Gasteiger partial charge in [-0.1, -0.05) is 53.5 Å². The number of aryl methyl sites for hydroxylation is 1. The topological polar surface area (TPSA) is 53.4 Å². The number of benzene rings is 2. The first-order valence-corrected chi connectivity index (χ1v) is 11.0. The number of aromatic nitrogens is 2. The molecule has 1 amide bonds. The van der Waals surface area contributed by atoms with Crippen molar-refractivity contribution in [3.05, 3.63) is 75.5 Å². The van der Waals surface area contributed by atoms with Gasteiger partial charge in [0.15, 0.2) is 0 Å². The van der Waals surface area contributed by atoms with E-state index in [9.17, 15) is 4.79 Å². The molecule has 1 N–H and O–H groups in total. The number of likely N-dealkylation sites (N-methyl/N-ethyl adjacent to an activating group) is 1. The van der Waals surface area contributed by atoms with Crippen molar-refractivity contribution < 1.29 is 4.79 Å². The second-order valence-electron chi connectivity index (χ2n) is 7.80. The minimum Gasteiger partial charge on any atom is -0.367 e. The summed E-state index contributed by atoms with van der Waals surface area (Å²) in [6.45, 7) is 5.99. The predicted octanol–water partition coefficient (Wildman–Crippen LogP) is 4.55. The van der Waals surface area contributed by atoms with Crippen molar-refractivity contribution in [3.63, 3.8) is 0 Å². The molecule has 162 valence electrons. The van der Waals surface area contributed by atoms with Gasteiger partial charge in [0.2, 0.25) is 0 Å². The number of carbonyl (C=O) groups is 1. The molecular formula is C23H25Cl2N5O. The third-order valence-electron chi connectivity index (χ3n) is 5.52. The van der Waals surface area contributed by atoms with Crippen molar-refractivity contribution in [1.29, 1.82) is 0 Å². The standard InChI is InChI=1S/C23H25Cl2N5O/c1-16-21(22(25)30(27-16)15-17-6-4-3-5-7-17)23(31)26-19-14-18(24)8-9-20(19)29-12-10-28(2)11-13-29/h3-9,14H,10-13,15H2,1-2H3,(H,26,31). The van der Waals surface area contributed by atoms with Crippen molar-refractivity contribution in [2.75, 3.05) is 43.4 Å². The molecule has 2 aromatic carbocycles. The lowest BCUT2D eigenvalue weighted by Gasteiger charge is -2.35. The fourth-order valence-corrected chi connectivity index (χ4v) is 4.28. The molecule has 0 radical (unpaired) electrons. The Morgan fingerprint density at radius 1 is 1.06 bits per heavy atom. The van der Waals surface area contributed by atoms with Crippen molar-refractivity contribution in [1.82, 2.24) is 14.7 Å². The zero-order valence-corrected chi connectivity index (χ0v) is 19.1. The minimum atomic E-state index is -0.292. The summed E-state index contributed by atoms with van der Waals surface area (Å²) in [7, 11) is 2.11. The third-order valence-corrected chi connectivity index (χ3v) is 6.14. The van der Waals surface area contributed by atoms with Crippen molar-refractivity contribution in [3.8, 4) is 0 Å². The van der Waals surface area contributed by atoms with Gasteiger partial charge in [-0.2, -0.15) is 5.10 Å². The van der Waals surface area contributed by atoms with Crippen LogP contribution in [0.3, 0.4) is 0 Å². The first kappa shape index (κ1) is 21.7. The summed E-state index contributed by atoms with van der Waals surface area (Å²) in [4.78, 5) is 17.8. The van der Waals surface area contributed by atoms with Gasteiger partial charge in [0, 0.05) is 31.2 Å². The van der Waals surface area contributed by atoms with Crippen LogP contribution in [0, 0.1) is 6.92 Å². The molecule has 1 aliphatic heterocycles. The van der Waals surface area contributed by atoms with E-state index in [1.54, 1.807) is 17.7 Å². The molecule has 1 saturated heterocycles. The molecule has 31 heavy (non-hydrogen) atoms. The highest BCUT2D eigenvalue weighted by Gasteiger charge is 2.23. The van der Waals surface area contributed by atoms with Gasteiger partial charge in [-0.15, -0.1) is 0 Å². The average molecular weight is 458 g/mol. The average Bonchev–Trinajstić information content (AvgIpc) is 3.02. The number of anilines is 2. The van der Waals surface area contributed by atoms with E-state index in [0.717, 1.165) is 37.4 Å². The van der Waals surface area contributed by atoms with Crippen molar-refractivity contribution in [2.45, 2.75) is 13.5 Å². The first-order valence-electron chi connectivity index (χ1n) is 10.2. The number of piperazine rings is 1. The van der Waals surface area contributed by atoms with Gasteiger partial charge >= 0.3 is 0 Å². The second-order valence-corrected chi connectivity index (χ2v) is 8.59. The second kappa shape index (κ2) is 9.30. The molecule has 8 heteroatoms. The van der Waals surface area contributed by atoms with Crippen LogP contribution >= 0.6 is 23.2 Å². The monoisotopic (exact) mass is 457 g/mol. The first-order chi connectivity index (χ1) is 14.9. The normalized spacial score (nSPS) is 14.6. The highest BCUT2D eigenvalue weighted by Crippen LogP contribution is 2.31. The number of hydrogen-bond donors (Lipinski definition) is 1. The van der Waals surface area contributed by atoms with E-state index in [2.05, 4.69) is 27.3 Å². The Hall–Kier alpha value is -2.54. The van der Waals surface area contributed by atoms with Crippen molar-refractivity contribution >= 4 is 40.5 Å². The summed E-state index contributed by atoms with van der Waals surface area (Å²) in [5.74, 6) is -0.292. The van der Waals surface area contributed by atoms with E-state index in [1.807, 2.05) is 42.5 Å². The Balaban J connectivity index is 1.58. The summed E-state index contributed by atoms with van der Waals surface area (Å²) in [6.07, 6.45) is 0. The number of nitrogens with one attached hydrogen (secondary N) is 1. The Kier molecular flexibility index (Phi) is 6.51. The van der Waals surface area contributed by atoms with Crippen molar-refractivity contribution in [2.24, 2.45) is 0 Å². The van der Waals surface area contributed by atoms with Crippen LogP contribution in [0.5, 0.6) is 0 Å². The molecule has 0 bridgehead atoms. The van der Waals surface area contributed by atoms with Crippen LogP contribution in [-0.4, -0.2) is 53.8 Å². The van der Waals surface area contributed by atoms with E-state index in [1.165, 1.54) is 0 Å². The lowest BCUT2D eigenvalue weighted by molar-refractivity contribution is 0.102. The van der Waals surface area contributed by atoms with Crippen LogP contribution in [0.2, 0.25) is 10.2 Å². The number of nitrogens with zero attached hydrogens (tertiary/aromatic N) is 4. The smallest absolute Gasteiger partial charge is 0.260 e. The largest absolute Gasteiger partial charge is 0.367 e. The molecule has 1 aliphatic rings. The molecule has 6 nitrogen and oxygen atoms in total. The number of carbonyl (C=O) groups excluding carboxylic acids is 1. The molecule has 0 saturated carbocycles. The number of rotatable bonds is 5. The van der Waals surface area contributed by atoms with E-state index in [0.29, 0.717) is 33.7 Å². The van der Waals surface area contributed by atoms with Crippen LogP contribution in [0.25, 0.3) is 0 Å². The number of halogens is 2. The highest BCUT2D eigenvalue weighted by molar-refractivity contribution is 6.34. The fraction of sp³-hybridized carbons (Fsp3) is 0.304. The zero-order valence-electron chi connectivity index (χ0n) is 17.6. The molecule has 0 atom stereocenters. The van der Waals surface area contributed by atoms with E-state index < -0.39 is 0 Å². The number of amides is 1. The zero-order chi connectivity index (χ0) is 22.0. The molecule has 1 aromatic heterocycles. The maximum atomic E-state index is 13.2. The molecule has 4 rings (SSSR count). The van der Waals surface area contributed by atoms with Crippen LogP contribution < -0.4 is 10.2 Å². The molecule has 1 fully saturated rings. The van der Waals surface area contributed by atoms with Gasteiger partial charge in [-0.05, 0) is 37.7 Å². The predicted molar refractivity (Wildman–Crippen MR) is 127 cm³/mol. The van der Waals surface area contributed by atoms with Crippen LogP contribution in [0.4, 0.5) is 11.4 Å². The van der Waals surface area contributed by atoms with E-state index in [4.69, 9.17) is 23.2 Å². The van der Waals surface area contributed by atoms with Crippen LogP contribution in [0.1, 0.15) is 21.6 Å². The van der Waals surface area contributed by atoms with E-state index in [-0.39, 0.29) is 5.91 Å². The molecular weight excluding hydrogens is 433 g/mol. The van der Waals surface area contributed by atoms with Gasteiger partial charge < -0.3 is 15.1 Å². The Labute approximate surface area is 192 Å². The third kappa shape index (κ3) is 4.87. The summed E-state index contributed by atoms with van der Waals surface area (Å²) < 4.78 is 1.65. The van der Waals surface area contributed by atoms with Gasteiger partial charge in [0.05, 0.1) is 29.2 Å². The maximum absolute atomic E-state index is 13.2. The Bertz CT molecular complexity index is 1080. The van der Waals surface area contributed by atoms with E-state index >= 15 is 0 Å². The number of hydrogen-bond acceptors (Lipinski definition) is 4. The van der Waals surface area contributed by atoms with Crippen LogP contribution in [0.15, 0.2) is 48.5 Å². The minimum absolute atomic E-state index is 0.292. The van der Waals surface area contributed by atoms with Crippen LogP contribution in [-0.2, 0) is 6.54 Å². The lowest BCUT2D eigenvalue weighted by Crippen LogP contribution is -2.44. The summed E-state index contributed by atoms with van der Waals surface area (Å²) in [6, 6.07) is 15.5. The molecule has 0 spiro atoms. The lowest BCUT2D eigenvalue weighted by atomic mass is 10.2. The molecule has 0 unspecified atom stereocenters. The fourth-order valence-electron chi connectivity index (χ4n) is 3.79. The maximum Gasteiger partial charge on any atom is 0.260 e. The molecule has 3 aromatic rings. The van der Waals surface area contributed by atoms with Gasteiger partial charge in [-0.3, -0.25) is 4.79 Å². The molecule has 2 heterocycles. The Morgan fingerprint density at radius 2 is 1.77 bits per heavy atom. The SMILES string of the molecule is Cc1nn(Cc2ccccc2)c(Cl)c1C(=O)Nc1cc(Cl)ccc1N1CCN(C)CC1. The molecule has 0 aliphatic carbocycles. The highest BCUT2D eigenvalue weighted by atomic mass is 35.5. The Morgan fingerprint density at radius 3 is 2.48 bits per heavy atom. The summed E-state index contributed by atoms with van der Waals surface area (Å²) >= 11 is 12.8.